The van der Waals surface area contributed by atoms with Gasteiger partial charge in [-0.1, -0.05) is 6.92 Å². The molecule has 0 aromatic heterocycles. The van der Waals surface area contributed by atoms with Crippen molar-refractivity contribution in [3.8, 4) is 5.75 Å². The van der Waals surface area contributed by atoms with Crippen LogP contribution in [0.2, 0.25) is 0 Å². The minimum absolute atomic E-state index is 0. The Hall–Kier alpha value is -1.79. The fraction of sp³-hybridized carbons (Fsp3) is 0.579. The zero-order valence-electron chi connectivity index (χ0n) is 15.5. The molecule has 26 heavy (non-hydrogen) atoms. The number of amides is 1. The van der Waals surface area contributed by atoms with Crippen LogP contribution in [-0.2, 0) is 14.3 Å². The minimum atomic E-state index is -0.300. The first-order valence-electron chi connectivity index (χ1n) is 8.88. The number of piperidine rings is 1. The van der Waals surface area contributed by atoms with E-state index in [-0.39, 0.29) is 37.3 Å². The summed E-state index contributed by atoms with van der Waals surface area (Å²) < 4.78 is 10.0. The highest BCUT2D eigenvalue weighted by Crippen LogP contribution is 2.23. The number of methoxy groups -OCH3 is 1. The Bertz CT molecular complexity index is 559. The molecule has 0 aliphatic carbocycles. The third-order valence-electron chi connectivity index (χ3n) is 4.59. The average Bonchev–Trinajstić information content (AvgIpc) is 2.63. The third-order valence-corrected chi connectivity index (χ3v) is 4.59. The van der Waals surface area contributed by atoms with Gasteiger partial charge in [0.25, 0.3) is 0 Å². The highest BCUT2D eigenvalue weighted by Gasteiger charge is 2.22. The molecule has 6 nitrogen and oxygen atoms in total. The lowest BCUT2D eigenvalue weighted by atomic mass is 9.85. The molecule has 1 heterocycles. The molecule has 0 spiro atoms. The molecule has 1 aliphatic rings. The highest BCUT2D eigenvalue weighted by molar-refractivity contribution is 5.90. The van der Waals surface area contributed by atoms with Crippen molar-refractivity contribution in [2.24, 2.45) is 11.8 Å². The van der Waals surface area contributed by atoms with Crippen LogP contribution in [0.4, 0.5) is 5.69 Å². The van der Waals surface area contributed by atoms with Crippen molar-refractivity contribution in [2.45, 2.75) is 32.6 Å². The first kappa shape index (κ1) is 22.3. The monoisotopic (exact) mass is 384 g/mol. The van der Waals surface area contributed by atoms with Crippen molar-refractivity contribution >= 4 is 30.0 Å². The van der Waals surface area contributed by atoms with Gasteiger partial charge in [0, 0.05) is 12.1 Å². The van der Waals surface area contributed by atoms with Gasteiger partial charge in [0.2, 0.25) is 5.91 Å². The quantitative estimate of drug-likeness (QED) is 0.674. The lowest BCUT2D eigenvalue weighted by molar-refractivity contribution is -0.141. The predicted molar refractivity (Wildman–Crippen MR) is 104 cm³/mol. The van der Waals surface area contributed by atoms with E-state index in [1.165, 1.54) is 20.0 Å². The maximum atomic E-state index is 12.2. The van der Waals surface area contributed by atoms with E-state index in [2.05, 4.69) is 22.3 Å². The molecule has 0 bridgehead atoms. The number of ether oxygens (including phenoxy) is 2. The Labute approximate surface area is 161 Å². The first-order chi connectivity index (χ1) is 12.1. The van der Waals surface area contributed by atoms with Gasteiger partial charge in [-0.25, -0.2) is 0 Å². The molecule has 1 amide bonds. The second kappa shape index (κ2) is 11.8. The zero-order valence-corrected chi connectivity index (χ0v) is 16.3. The summed E-state index contributed by atoms with van der Waals surface area (Å²) in [5.74, 6) is 1.34. The fourth-order valence-electron chi connectivity index (χ4n) is 3.02. The molecule has 1 aromatic rings. The molecule has 0 radical (unpaired) electrons. The largest absolute Gasteiger partial charge is 0.493 e. The van der Waals surface area contributed by atoms with Gasteiger partial charge in [-0.3, -0.25) is 9.59 Å². The molecule has 1 aromatic carbocycles. The van der Waals surface area contributed by atoms with Crippen LogP contribution in [0.5, 0.6) is 5.75 Å². The summed E-state index contributed by atoms with van der Waals surface area (Å²) >= 11 is 0. The van der Waals surface area contributed by atoms with E-state index >= 15 is 0 Å². The number of nitrogens with one attached hydrogen (secondary N) is 2. The van der Waals surface area contributed by atoms with Crippen LogP contribution in [0.15, 0.2) is 24.3 Å². The van der Waals surface area contributed by atoms with Crippen LogP contribution in [-0.4, -0.2) is 38.7 Å². The van der Waals surface area contributed by atoms with Crippen molar-refractivity contribution in [3.63, 3.8) is 0 Å². The summed E-state index contributed by atoms with van der Waals surface area (Å²) in [6.07, 6.45) is 3.12. The SMILES string of the molecule is COC(=O)CCOc1ccc(NC(=O)CC(C)C2CCCNC2)cc1.Cl. The number of halogens is 1. The molecule has 2 N–H and O–H groups in total. The first-order valence-corrected chi connectivity index (χ1v) is 8.88. The molecule has 2 unspecified atom stereocenters. The Morgan fingerprint density at radius 3 is 2.65 bits per heavy atom. The van der Waals surface area contributed by atoms with Gasteiger partial charge in [-0.15, -0.1) is 12.4 Å². The molecule has 1 saturated heterocycles. The lowest BCUT2D eigenvalue weighted by Gasteiger charge is -2.28. The fourth-order valence-corrected chi connectivity index (χ4v) is 3.02. The Morgan fingerprint density at radius 1 is 1.31 bits per heavy atom. The van der Waals surface area contributed by atoms with E-state index in [0.717, 1.165) is 18.8 Å². The maximum absolute atomic E-state index is 12.2. The summed E-state index contributed by atoms with van der Waals surface area (Å²) in [4.78, 5) is 23.2. The normalized spacial score (nSPS) is 17.5. The highest BCUT2D eigenvalue weighted by atomic mass is 35.5. The second-order valence-electron chi connectivity index (χ2n) is 6.53. The lowest BCUT2D eigenvalue weighted by Crippen LogP contribution is -2.34. The number of carbonyl (C=O) groups excluding carboxylic acids is 2. The number of esters is 1. The van der Waals surface area contributed by atoms with Gasteiger partial charge in [-0.2, -0.15) is 0 Å². The van der Waals surface area contributed by atoms with Gasteiger partial charge < -0.3 is 20.1 Å². The van der Waals surface area contributed by atoms with Crippen LogP contribution in [0.1, 0.15) is 32.6 Å². The second-order valence-corrected chi connectivity index (χ2v) is 6.53. The summed E-state index contributed by atoms with van der Waals surface area (Å²) in [6, 6.07) is 7.17. The number of anilines is 1. The van der Waals surface area contributed by atoms with Crippen molar-refractivity contribution in [1.82, 2.24) is 5.32 Å². The number of hydrogen-bond donors (Lipinski definition) is 2. The van der Waals surface area contributed by atoms with Crippen LogP contribution >= 0.6 is 12.4 Å². The van der Waals surface area contributed by atoms with E-state index in [4.69, 9.17) is 4.74 Å². The molecular formula is C19H29ClN2O4. The maximum Gasteiger partial charge on any atom is 0.308 e. The topological polar surface area (TPSA) is 76.7 Å². The van der Waals surface area contributed by atoms with E-state index in [1.807, 2.05) is 0 Å². The predicted octanol–water partition coefficient (Wildman–Crippen LogP) is 3.01. The standard InChI is InChI=1S/C19H28N2O4.ClH/c1-14(15-4-3-10-20-13-15)12-18(22)21-16-5-7-17(8-6-16)25-11-9-19(23)24-2;/h5-8,14-15,20H,3-4,9-13H2,1-2H3,(H,21,22);1H. The molecule has 1 aliphatic heterocycles. The van der Waals surface area contributed by atoms with Crippen LogP contribution in [0.3, 0.4) is 0 Å². The van der Waals surface area contributed by atoms with Crippen molar-refractivity contribution in [2.75, 3.05) is 32.1 Å². The van der Waals surface area contributed by atoms with E-state index < -0.39 is 0 Å². The summed E-state index contributed by atoms with van der Waals surface area (Å²) in [6.45, 7) is 4.51. The van der Waals surface area contributed by atoms with Gasteiger partial charge in [0.05, 0.1) is 20.1 Å². The Balaban J connectivity index is 0.00000338. The van der Waals surface area contributed by atoms with Gasteiger partial charge in [0.1, 0.15) is 5.75 Å². The Morgan fingerprint density at radius 2 is 2.04 bits per heavy atom. The number of benzene rings is 1. The van der Waals surface area contributed by atoms with E-state index in [0.29, 0.717) is 24.0 Å². The molecule has 7 heteroatoms. The van der Waals surface area contributed by atoms with Gasteiger partial charge >= 0.3 is 5.97 Å². The van der Waals surface area contributed by atoms with Crippen LogP contribution in [0.25, 0.3) is 0 Å². The van der Waals surface area contributed by atoms with E-state index in [9.17, 15) is 9.59 Å². The minimum Gasteiger partial charge on any atom is -0.493 e. The number of rotatable bonds is 8. The zero-order chi connectivity index (χ0) is 18.1. The number of hydrogen-bond acceptors (Lipinski definition) is 5. The van der Waals surface area contributed by atoms with Crippen LogP contribution in [0, 0.1) is 11.8 Å². The smallest absolute Gasteiger partial charge is 0.308 e. The van der Waals surface area contributed by atoms with Crippen molar-refractivity contribution in [1.29, 1.82) is 0 Å². The summed E-state index contributed by atoms with van der Waals surface area (Å²) in [5.41, 5.74) is 0.749. The van der Waals surface area contributed by atoms with Gasteiger partial charge in [0.15, 0.2) is 0 Å². The molecule has 0 saturated carbocycles. The van der Waals surface area contributed by atoms with Crippen molar-refractivity contribution < 1.29 is 19.1 Å². The number of carbonyl (C=O) groups is 2. The van der Waals surface area contributed by atoms with Crippen LogP contribution < -0.4 is 15.4 Å². The molecule has 1 fully saturated rings. The molecule has 2 rings (SSSR count). The van der Waals surface area contributed by atoms with Gasteiger partial charge in [-0.05, 0) is 62.0 Å². The van der Waals surface area contributed by atoms with E-state index in [1.54, 1.807) is 24.3 Å². The molecular weight excluding hydrogens is 356 g/mol. The third kappa shape index (κ3) is 7.62. The molecule has 146 valence electrons. The summed E-state index contributed by atoms with van der Waals surface area (Å²) in [5, 5.41) is 6.33. The van der Waals surface area contributed by atoms with Crippen molar-refractivity contribution in [3.05, 3.63) is 24.3 Å². The summed E-state index contributed by atoms with van der Waals surface area (Å²) in [7, 11) is 1.35. The molecule has 2 atom stereocenters. The Kier molecular flexibility index (Phi) is 10.1. The average molecular weight is 385 g/mol.